The van der Waals surface area contributed by atoms with Crippen molar-refractivity contribution in [2.24, 2.45) is 5.92 Å². The Morgan fingerprint density at radius 1 is 1.25 bits per heavy atom. The van der Waals surface area contributed by atoms with Gasteiger partial charge in [-0.05, 0) is 38.4 Å². The molecule has 2 saturated heterocycles. The predicted molar refractivity (Wildman–Crippen MR) is 107 cm³/mol. The number of hydrogen-bond donors (Lipinski definition) is 1. The van der Waals surface area contributed by atoms with Crippen molar-refractivity contribution in [3.63, 3.8) is 0 Å². The molecule has 0 spiro atoms. The smallest absolute Gasteiger partial charge is 0.227 e. The van der Waals surface area contributed by atoms with E-state index >= 15 is 0 Å². The Balaban J connectivity index is 1.32. The van der Waals surface area contributed by atoms with Crippen LogP contribution in [0.25, 0.3) is 0 Å². The number of furan rings is 1. The molecule has 0 bridgehead atoms. The van der Waals surface area contributed by atoms with E-state index in [0.717, 1.165) is 75.9 Å². The Morgan fingerprint density at radius 2 is 2.07 bits per heavy atom. The van der Waals surface area contributed by atoms with E-state index in [4.69, 9.17) is 10.2 Å². The number of nitrogens with two attached hydrogens (primary N) is 1. The van der Waals surface area contributed by atoms with Gasteiger partial charge in [-0.25, -0.2) is 4.98 Å². The molecule has 2 aromatic heterocycles. The lowest BCUT2D eigenvalue weighted by Gasteiger charge is -2.39. The van der Waals surface area contributed by atoms with E-state index in [9.17, 15) is 4.79 Å². The average Bonchev–Trinajstić information content (AvgIpc) is 3.20. The molecule has 8 heteroatoms. The molecule has 1 amide bonds. The van der Waals surface area contributed by atoms with Crippen LogP contribution in [0.4, 0.5) is 11.8 Å². The lowest BCUT2D eigenvalue weighted by molar-refractivity contribution is -0.137. The summed E-state index contributed by atoms with van der Waals surface area (Å²) in [7, 11) is 0. The lowest BCUT2D eigenvalue weighted by Crippen LogP contribution is -2.52. The average molecular weight is 384 g/mol. The molecule has 0 aromatic carbocycles. The molecule has 1 unspecified atom stereocenters. The molecular formula is C20H28N6O2. The normalized spacial score (nSPS) is 21.1. The number of nitrogens with zero attached hydrogens (tertiary/aromatic N) is 5. The summed E-state index contributed by atoms with van der Waals surface area (Å²) in [5.41, 5.74) is 6.64. The topological polar surface area (TPSA) is 91.7 Å². The van der Waals surface area contributed by atoms with Gasteiger partial charge in [0.05, 0.1) is 18.7 Å². The first-order valence-corrected chi connectivity index (χ1v) is 9.98. The van der Waals surface area contributed by atoms with Gasteiger partial charge >= 0.3 is 0 Å². The number of likely N-dealkylation sites (tertiary alicyclic amines) is 1. The van der Waals surface area contributed by atoms with Crippen LogP contribution in [-0.2, 0) is 11.3 Å². The summed E-state index contributed by atoms with van der Waals surface area (Å²) >= 11 is 0. The number of amides is 1. The number of rotatable bonds is 4. The first kappa shape index (κ1) is 18.7. The molecule has 4 rings (SSSR count). The van der Waals surface area contributed by atoms with Gasteiger partial charge in [0.25, 0.3) is 0 Å². The van der Waals surface area contributed by atoms with Crippen LogP contribution in [0, 0.1) is 12.8 Å². The summed E-state index contributed by atoms with van der Waals surface area (Å²) in [6, 6.07) is 5.85. The van der Waals surface area contributed by atoms with Gasteiger partial charge in [-0.15, -0.1) is 0 Å². The third-order valence-corrected chi connectivity index (χ3v) is 5.59. The molecule has 2 fully saturated rings. The van der Waals surface area contributed by atoms with Gasteiger partial charge in [0.1, 0.15) is 11.6 Å². The highest BCUT2D eigenvalue weighted by molar-refractivity contribution is 5.79. The van der Waals surface area contributed by atoms with Gasteiger partial charge in [0.2, 0.25) is 11.9 Å². The Hall–Kier alpha value is -2.61. The van der Waals surface area contributed by atoms with Gasteiger partial charge < -0.3 is 20.0 Å². The van der Waals surface area contributed by atoms with Gasteiger partial charge in [-0.3, -0.25) is 9.69 Å². The van der Waals surface area contributed by atoms with Crippen LogP contribution in [0.3, 0.4) is 0 Å². The second-order valence-electron chi connectivity index (χ2n) is 7.69. The summed E-state index contributed by atoms with van der Waals surface area (Å²) in [5.74, 6) is 2.46. The third-order valence-electron chi connectivity index (χ3n) is 5.59. The molecule has 1 atom stereocenters. The predicted octanol–water partition coefficient (Wildman–Crippen LogP) is 1.52. The molecule has 4 heterocycles. The third kappa shape index (κ3) is 4.27. The fourth-order valence-corrected chi connectivity index (χ4v) is 4.17. The number of hydrogen-bond acceptors (Lipinski definition) is 7. The zero-order valence-corrected chi connectivity index (χ0v) is 16.4. The summed E-state index contributed by atoms with van der Waals surface area (Å²) in [6.45, 7) is 7.49. The quantitative estimate of drug-likeness (QED) is 0.854. The zero-order chi connectivity index (χ0) is 19.5. The molecule has 150 valence electrons. The molecule has 2 aromatic rings. The molecule has 2 N–H and O–H groups in total. The number of carbonyl (C=O) groups is 1. The number of nitrogen functional groups attached to an aromatic ring is 1. The van der Waals surface area contributed by atoms with Crippen molar-refractivity contribution in [3.05, 3.63) is 35.9 Å². The van der Waals surface area contributed by atoms with Gasteiger partial charge in [-0.1, -0.05) is 0 Å². The number of carbonyl (C=O) groups excluding carboxylic acids is 1. The molecule has 2 aliphatic rings. The molecule has 28 heavy (non-hydrogen) atoms. The van der Waals surface area contributed by atoms with Crippen molar-refractivity contribution < 1.29 is 9.21 Å². The maximum Gasteiger partial charge on any atom is 0.227 e. The minimum atomic E-state index is 0.0761. The fourth-order valence-electron chi connectivity index (χ4n) is 4.17. The van der Waals surface area contributed by atoms with Crippen LogP contribution in [0.1, 0.15) is 24.3 Å². The van der Waals surface area contributed by atoms with Crippen LogP contribution in [0.5, 0.6) is 0 Å². The van der Waals surface area contributed by atoms with E-state index in [2.05, 4.69) is 19.8 Å². The van der Waals surface area contributed by atoms with E-state index in [1.165, 1.54) is 0 Å². The molecule has 0 saturated carbocycles. The maximum absolute atomic E-state index is 13.1. The molecule has 2 aliphatic heterocycles. The maximum atomic E-state index is 13.1. The van der Waals surface area contributed by atoms with Gasteiger partial charge in [-0.2, -0.15) is 4.98 Å². The molecular weight excluding hydrogens is 356 g/mol. The first-order chi connectivity index (χ1) is 13.6. The number of aromatic nitrogens is 2. The van der Waals surface area contributed by atoms with Crippen LogP contribution in [0.15, 0.2) is 28.9 Å². The van der Waals surface area contributed by atoms with E-state index < -0.39 is 0 Å². The summed E-state index contributed by atoms with van der Waals surface area (Å²) in [5, 5.41) is 0. The van der Waals surface area contributed by atoms with Crippen LogP contribution >= 0.6 is 0 Å². The van der Waals surface area contributed by atoms with Gasteiger partial charge in [0, 0.05) is 44.5 Å². The number of piperidine rings is 1. The van der Waals surface area contributed by atoms with E-state index in [1.54, 1.807) is 6.26 Å². The van der Waals surface area contributed by atoms with Gasteiger partial charge in [0.15, 0.2) is 0 Å². The second-order valence-corrected chi connectivity index (χ2v) is 7.69. The minimum absolute atomic E-state index is 0.0761. The van der Waals surface area contributed by atoms with E-state index in [0.29, 0.717) is 5.95 Å². The number of piperazine rings is 1. The van der Waals surface area contributed by atoms with Crippen molar-refractivity contribution >= 4 is 17.7 Å². The van der Waals surface area contributed by atoms with Crippen LogP contribution < -0.4 is 10.6 Å². The summed E-state index contributed by atoms with van der Waals surface area (Å²) < 4.78 is 5.46. The second kappa shape index (κ2) is 8.18. The fraction of sp³-hybridized carbons (Fsp3) is 0.550. The Morgan fingerprint density at radius 3 is 2.79 bits per heavy atom. The Bertz CT molecular complexity index is 781. The summed E-state index contributed by atoms with van der Waals surface area (Å²) in [6.07, 6.45) is 3.72. The van der Waals surface area contributed by atoms with Crippen molar-refractivity contribution in [3.8, 4) is 0 Å². The zero-order valence-electron chi connectivity index (χ0n) is 16.4. The number of aryl methyl sites for hydroxylation is 1. The van der Waals surface area contributed by atoms with E-state index in [1.807, 2.05) is 30.0 Å². The lowest BCUT2D eigenvalue weighted by atomic mass is 9.96. The molecule has 0 aliphatic carbocycles. The highest BCUT2D eigenvalue weighted by atomic mass is 16.3. The first-order valence-electron chi connectivity index (χ1n) is 9.98. The largest absolute Gasteiger partial charge is 0.468 e. The SMILES string of the molecule is Cc1cc(N2CCN(C(=O)C3CCCN(Cc4ccco4)C3)CC2)nc(N)n1. The Kier molecular flexibility index (Phi) is 5.47. The number of anilines is 2. The minimum Gasteiger partial charge on any atom is -0.468 e. The highest BCUT2D eigenvalue weighted by Gasteiger charge is 2.31. The van der Waals surface area contributed by atoms with Crippen LogP contribution in [-0.4, -0.2) is 64.9 Å². The van der Waals surface area contributed by atoms with Crippen molar-refractivity contribution in [1.82, 2.24) is 19.8 Å². The van der Waals surface area contributed by atoms with Crippen molar-refractivity contribution in [2.45, 2.75) is 26.3 Å². The standard InChI is InChI=1S/C20H28N6O2/c1-15-12-18(23-20(21)22-15)25-7-9-26(10-8-25)19(27)16-4-2-6-24(13-16)14-17-5-3-11-28-17/h3,5,11-12,16H,2,4,6-10,13-14H2,1H3,(H2,21,22,23). The highest BCUT2D eigenvalue weighted by Crippen LogP contribution is 2.22. The van der Waals surface area contributed by atoms with Crippen LogP contribution in [0.2, 0.25) is 0 Å². The van der Waals surface area contributed by atoms with E-state index in [-0.39, 0.29) is 11.8 Å². The monoisotopic (exact) mass is 384 g/mol. The summed E-state index contributed by atoms with van der Waals surface area (Å²) in [4.78, 5) is 28.0. The van der Waals surface area contributed by atoms with Crippen molar-refractivity contribution in [1.29, 1.82) is 0 Å². The molecule has 0 radical (unpaired) electrons. The molecule has 8 nitrogen and oxygen atoms in total. The van der Waals surface area contributed by atoms with Crippen molar-refractivity contribution in [2.75, 3.05) is 49.9 Å². The Labute approximate surface area is 165 Å².